The number of carbonyl (C=O) groups is 5. The van der Waals surface area contributed by atoms with Crippen molar-refractivity contribution >= 4 is 56.8 Å². The number of fused-ring (bicyclic) bond motifs is 4. The summed E-state index contributed by atoms with van der Waals surface area (Å²) >= 11 is 0. The van der Waals surface area contributed by atoms with Gasteiger partial charge in [0.05, 0.1) is 63.5 Å². The second kappa shape index (κ2) is 18.1. The maximum absolute atomic E-state index is 13.9. The molecule has 2 aromatic carbocycles. The minimum Gasteiger partial charge on any atom is -0.493 e. The van der Waals surface area contributed by atoms with Gasteiger partial charge in [-0.05, 0) is 24.2 Å². The van der Waals surface area contributed by atoms with Crippen LogP contribution in [0.25, 0.3) is 0 Å². The minimum absolute atomic E-state index is 0.00188. The molecule has 0 aliphatic carbocycles. The molecule has 2 saturated heterocycles. The Hall–Kier alpha value is -4.34. The van der Waals surface area contributed by atoms with Crippen LogP contribution in [0, 0.1) is 0 Å². The Kier molecular flexibility index (Phi) is 13.6. The number of aliphatic hydroxyl groups excluding tert-OH is 1. The number of ketones is 2. The van der Waals surface area contributed by atoms with Gasteiger partial charge in [-0.1, -0.05) is 39.3 Å². The largest absolute Gasteiger partial charge is 0.493 e. The summed E-state index contributed by atoms with van der Waals surface area (Å²) in [6.45, 7) is 14.3. The smallest absolute Gasteiger partial charge is 0.257 e. The number of hydrogen-bond acceptors (Lipinski definition) is 13. The topological polar surface area (TPSA) is 174 Å². The molecule has 0 spiro atoms. The summed E-state index contributed by atoms with van der Waals surface area (Å²) in [6.07, 6.45) is -0.909. The molecule has 0 bridgehead atoms. The lowest BCUT2D eigenvalue weighted by atomic mass is 10.1. The second-order valence-electron chi connectivity index (χ2n) is 17.9. The van der Waals surface area contributed by atoms with E-state index in [9.17, 15) is 29.1 Å². The van der Waals surface area contributed by atoms with Crippen molar-refractivity contribution in [1.82, 2.24) is 9.80 Å². The predicted molar refractivity (Wildman–Crippen MR) is 224 cm³/mol. The Morgan fingerprint density at radius 2 is 1.15 bits per heavy atom. The summed E-state index contributed by atoms with van der Waals surface area (Å²) in [5, 5.41) is 11.5. The van der Waals surface area contributed by atoms with Gasteiger partial charge in [0.15, 0.2) is 28.8 Å². The van der Waals surface area contributed by atoms with Crippen LogP contribution in [0.4, 0.5) is 11.4 Å². The molecule has 4 heterocycles. The highest BCUT2D eigenvalue weighted by Crippen LogP contribution is 2.44. The number of ether oxygens (including phenoxy) is 6. The van der Waals surface area contributed by atoms with Crippen LogP contribution in [-0.2, 0) is 28.7 Å². The quantitative estimate of drug-likeness (QED) is 0.166. The molecule has 3 amide bonds. The van der Waals surface area contributed by atoms with Gasteiger partial charge in [-0.25, -0.2) is 0 Å². The van der Waals surface area contributed by atoms with Gasteiger partial charge < -0.3 is 38.4 Å². The zero-order valence-corrected chi connectivity index (χ0v) is 37.5. The number of Topliss-reactive ketones (excluding diaryl/α,β-unsaturated/α-hetero) is 2. The number of amides is 3. The Morgan fingerprint density at radius 3 is 1.73 bits per heavy atom. The number of carbonyl (C=O) groups excluding carboxylic acids is 5. The number of anilines is 2. The average Bonchev–Trinajstić information content (AvgIpc) is 3.74. The van der Waals surface area contributed by atoms with Crippen molar-refractivity contribution in [2.45, 2.75) is 88.9 Å². The zero-order chi connectivity index (χ0) is 42.8. The number of nitrogens with zero attached hydrogens (tertiary/aromatic N) is 4. The molecule has 0 saturated carbocycles. The van der Waals surface area contributed by atoms with Crippen molar-refractivity contribution in [3.63, 3.8) is 0 Å². The normalized spacial score (nSPS) is 20.9. The maximum Gasteiger partial charge on any atom is 0.257 e. The molecule has 1 unspecified atom stereocenters. The van der Waals surface area contributed by atoms with E-state index in [0.29, 0.717) is 53.8 Å². The Labute approximate surface area is 347 Å². The van der Waals surface area contributed by atoms with E-state index < -0.39 is 46.3 Å². The van der Waals surface area contributed by atoms with Crippen LogP contribution < -0.4 is 28.7 Å². The Balaban J connectivity index is 1.19. The lowest BCUT2D eigenvalue weighted by Gasteiger charge is -2.26. The summed E-state index contributed by atoms with van der Waals surface area (Å²) in [6, 6.07) is 6.47. The molecule has 322 valence electrons. The van der Waals surface area contributed by atoms with Crippen LogP contribution >= 0.6 is 0 Å². The summed E-state index contributed by atoms with van der Waals surface area (Å²) in [5.41, 5.74) is 1.32. The molecule has 4 aliphatic rings. The van der Waals surface area contributed by atoms with Crippen molar-refractivity contribution in [1.29, 1.82) is 0 Å². The molecule has 59 heavy (non-hydrogen) atoms. The SMILES string of the molecule is COc1cc2c(cc1OCCCOc1cc3c(cc1OC)C(O)N1CC(=O)C[C@H]1C(=O)N3COCC[Si](C)(C)C)N(COCC[Si](C)(C)C)C(=O)[C@@H]1CC(=O)CN1C2=O. The van der Waals surface area contributed by atoms with Crippen LogP contribution in [-0.4, -0.2) is 140 Å². The van der Waals surface area contributed by atoms with Gasteiger partial charge in [0.2, 0.25) is 5.91 Å². The first-order chi connectivity index (χ1) is 27.9. The van der Waals surface area contributed by atoms with Gasteiger partial charge in [-0.3, -0.25) is 38.7 Å². The Bertz CT molecular complexity index is 1950. The van der Waals surface area contributed by atoms with Crippen molar-refractivity contribution in [3.05, 3.63) is 35.4 Å². The Morgan fingerprint density at radius 1 is 0.644 bits per heavy atom. The number of hydrogen-bond donors (Lipinski definition) is 1. The van der Waals surface area contributed by atoms with Crippen molar-refractivity contribution in [3.8, 4) is 23.0 Å². The fourth-order valence-electron chi connectivity index (χ4n) is 7.50. The third-order valence-corrected chi connectivity index (χ3v) is 14.3. The first kappa shape index (κ1) is 44.2. The van der Waals surface area contributed by atoms with E-state index in [1.807, 2.05) is 0 Å². The second-order valence-corrected chi connectivity index (χ2v) is 29.1. The molecule has 1 N–H and O–H groups in total. The van der Waals surface area contributed by atoms with Gasteiger partial charge in [-0.2, -0.15) is 0 Å². The molecule has 16 nitrogen and oxygen atoms in total. The predicted octanol–water partition coefficient (Wildman–Crippen LogP) is 4.29. The molecule has 18 heteroatoms. The number of aliphatic hydroxyl groups is 1. The summed E-state index contributed by atoms with van der Waals surface area (Å²) < 4.78 is 35.7. The maximum atomic E-state index is 13.9. The van der Waals surface area contributed by atoms with E-state index in [-0.39, 0.29) is 81.4 Å². The van der Waals surface area contributed by atoms with E-state index in [1.165, 1.54) is 39.9 Å². The minimum atomic E-state index is -1.42. The third-order valence-electron chi connectivity index (χ3n) is 10.9. The lowest BCUT2D eigenvalue weighted by Crippen LogP contribution is -2.45. The van der Waals surface area contributed by atoms with Crippen LogP contribution in [0.1, 0.15) is 41.4 Å². The molecular weight excluding hydrogens is 797 g/mol. The average molecular weight is 855 g/mol. The first-order valence-electron chi connectivity index (χ1n) is 20.2. The summed E-state index contributed by atoms with van der Waals surface area (Å²) in [5.74, 6) is -0.236. The van der Waals surface area contributed by atoms with Gasteiger partial charge in [0.1, 0.15) is 31.5 Å². The van der Waals surface area contributed by atoms with Crippen LogP contribution in [0.2, 0.25) is 51.4 Å². The van der Waals surface area contributed by atoms with Crippen LogP contribution in [0.5, 0.6) is 23.0 Å². The molecule has 0 radical (unpaired) electrons. The molecule has 2 aromatic rings. The summed E-state index contributed by atoms with van der Waals surface area (Å²) in [4.78, 5) is 72.3. The zero-order valence-electron chi connectivity index (χ0n) is 35.5. The fourth-order valence-corrected chi connectivity index (χ4v) is 9.02. The van der Waals surface area contributed by atoms with Crippen molar-refractivity contribution in [2.75, 3.05) is 77.0 Å². The van der Waals surface area contributed by atoms with Crippen molar-refractivity contribution in [2.24, 2.45) is 0 Å². The van der Waals surface area contributed by atoms with Gasteiger partial charge in [0, 0.05) is 66.3 Å². The standard InChI is InChI=1S/C41H58N4O12Si2/c1-52-34-18-28-30(44(24-54-12-14-58(3,4)5)40(50)32-16-26(46)22-42(32)38(28)48)20-36(34)56-10-9-11-57-37-21-31-29(19-35(37)53-2)39(49)43-23-27(47)17-33(43)41(51)45(31)25-55-13-15-59(6,7)8/h18-21,32-33,38,48H,9-17,22-25H2,1-8H3/t32-,33-,38?/m0/s1. The van der Waals surface area contributed by atoms with Gasteiger partial charge >= 0.3 is 0 Å². The third kappa shape index (κ3) is 10.0. The summed E-state index contributed by atoms with van der Waals surface area (Å²) in [7, 11) is 0.106. The van der Waals surface area contributed by atoms with Crippen LogP contribution in [0.3, 0.4) is 0 Å². The highest BCUT2D eigenvalue weighted by Gasteiger charge is 2.47. The lowest BCUT2D eigenvalue weighted by molar-refractivity contribution is -0.127. The van der Waals surface area contributed by atoms with E-state index in [2.05, 4.69) is 39.3 Å². The van der Waals surface area contributed by atoms with E-state index in [4.69, 9.17) is 28.4 Å². The fraction of sp³-hybridized carbons (Fsp3) is 0.585. The van der Waals surface area contributed by atoms with Crippen LogP contribution in [0.15, 0.2) is 24.3 Å². The van der Waals surface area contributed by atoms with Crippen molar-refractivity contribution < 1.29 is 57.5 Å². The number of methoxy groups -OCH3 is 2. The highest BCUT2D eigenvalue weighted by atomic mass is 28.3. The first-order valence-corrected chi connectivity index (χ1v) is 27.6. The molecule has 2 fully saturated rings. The highest BCUT2D eigenvalue weighted by molar-refractivity contribution is 6.76. The van der Waals surface area contributed by atoms with E-state index >= 15 is 0 Å². The number of rotatable bonds is 18. The van der Waals surface area contributed by atoms with Gasteiger partial charge in [0.25, 0.3) is 11.8 Å². The molecule has 0 aromatic heterocycles. The molecule has 3 atom stereocenters. The van der Waals surface area contributed by atoms with Gasteiger partial charge in [-0.15, -0.1) is 0 Å². The van der Waals surface area contributed by atoms with E-state index in [1.54, 1.807) is 18.2 Å². The molecule has 4 aliphatic heterocycles. The number of benzene rings is 2. The molecule has 6 rings (SSSR count). The monoisotopic (exact) mass is 854 g/mol. The molecular formula is C41H58N4O12Si2. The van der Waals surface area contributed by atoms with E-state index in [0.717, 1.165) is 12.1 Å².